The lowest BCUT2D eigenvalue weighted by atomic mass is 9.70. The Kier molecular flexibility index (Phi) is 6.92. The molecule has 208 valence electrons. The third-order valence-corrected chi connectivity index (χ3v) is 11.3. The largest absolute Gasteiger partial charge is 0.490 e. The van der Waals surface area contributed by atoms with Gasteiger partial charge in [0.15, 0.2) is 0 Å². The predicted molar refractivity (Wildman–Crippen MR) is 152 cm³/mol. The van der Waals surface area contributed by atoms with Crippen molar-refractivity contribution < 1.29 is 23.1 Å². The molecule has 1 spiro atoms. The van der Waals surface area contributed by atoms with Gasteiger partial charge in [-0.25, -0.2) is 13.1 Å². The number of sulfonamides is 1. The average molecular weight is 571 g/mol. The first-order valence-electron chi connectivity index (χ1n) is 13.9. The molecular formula is C30H35ClN2O5S. The molecule has 0 saturated heterocycles. The summed E-state index contributed by atoms with van der Waals surface area (Å²) >= 11 is 6.32. The summed E-state index contributed by atoms with van der Waals surface area (Å²) in [4.78, 5) is 15.5. The summed E-state index contributed by atoms with van der Waals surface area (Å²) in [7, 11) is -3.86. The van der Waals surface area contributed by atoms with E-state index in [2.05, 4.69) is 15.7 Å². The molecule has 5 atom stereocenters. The molecule has 0 unspecified atom stereocenters. The normalized spacial score (nSPS) is 32.7. The first-order chi connectivity index (χ1) is 18.6. The number of halogens is 1. The molecule has 1 fully saturated rings. The maximum atomic E-state index is 13.1. The third-order valence-electron chi connectivity index (χ3n) is 9.28. The highest BCUT2D eigenvalue weighted by Gasteiger charge is 2.45. The number of anilines is 1. The maximum Gasteiger partial charge on any atom is 0.264 e. The number of rotatable bonds is 0. The first kappa shape index (κ1) is 26.7. The van der Waals surface area contributed by atoms with Crippen LogP contribution in [0.2, 0.25) is 5.02 Å². The van der Waals surface area contributed by atoms with Gasteiger partial charge in [-0.1, -0.05) is 29.8 Å². The minimum atomic E-state index is -3.86. The van der Waals surface area contributed by atoms with Gasteiger partial charge < -0.3 is 14.7 Å². The number of allylic oxidation sites excluding steroid dienone is 1. The summed E-state index contributed by atoms with van der Waals surface area (Å²) in [6.07, 6.45) is 7.81. The molecule has 39 heavy (non-hydrogen) atoms. The average Bonchev–Trinajstić information content (AvgIpc) is 3.14. The van der Waals surface area contributed by atoms with E-state index in [1.165, 1.54) is 11.1 Å². The van der Waals surface area contributed by atoms with Gasteiger partial charge in [0.25, 0.3) is 5.91 Å². The molecular weight excluding hydrogens is 536 g/mol. The van der Waals surface area contributed by atoms with Gasteiger partial charge in [0, 0.05) is 29.1 Å². The second kappa shape index (κ2) is 10.1. The van der Waals surface area contributed by atoms with Crippen molar-refractivity contribution in [3.8, 4) is 5.75 Å². The van der Waals surface area contributed by atoms with Crippen molar-refractivity contribution in [2.24, 2.45) is 11.8 Å². The van der Waals surface area contributed by atoms with Gasteiger partial charge in [-0.05, 0) is 98.7 Å². The Balaban J connectivity index is 1.41. The standard InChI is InChI=1S/C30H35ClN2O5S/c1-19-4-2-3-5-27(34)24-9-6-22(24)16-33-17-30(13-12-20-14-23(31)8-10-25(20)30)18-38-28-11-7-21(15-26(28)33)29(35)32-39(19,36)37/h3,5,7-8,10-11,14-15,19,22,24,27,34H,2,4,6,9,12-13,16-18H2,1H3,(H,32,35)/b5-3-/t19-,22+,24-,27+,30+/m1/s1. The summed E-state index contributed by atoms with van der Waals surface area (Å²) in [5.74, 6) is 0.479. The van der Waals surface area contributed by atoms with Crippen LogP contribution in [0.25, 0.3) is 0 Å². The van der Waals surface area contributed by atoms with Crippen molar-refractivity contribution in [1.82, 2.24) is 4.72 Å². The second-order valence-electron chi connectivity index (χ2n) is 11.7. The smallest absolute Gasteiger partial charge is 0.264 e. The number of fused-ring (bicyclic) bond motifs is 4. The molecule has 9 heteroatoms. The lowest BCUT2D eigenvalue weighted by Gasteiger charge is -2.43. The highest BCUT2D eigenvalue weighted by Crippen LogP contribution is 2.47. The number of aliphatic hydroxyl groups excluding tert-OH is 1. The zero-order valence-electron chi connectivity index (χ0n) is 22.1. The van der Waals surface area contributed by atoms with E-state index in [0.717, 1.165) is 42.9 Å². The number of ether oxygens (including phenoxy) is 1. The topological polar surface area (TPSA) is 95.9 Å². The van der Waals surface area contributed by atoms with Crippen LogP contribution in [-0.2, 0) is 21.9 Å². The first-order valence-corrected chi connectivity index (χ1v) is 15.8. The van der Waals surface area contributed by atoms with Crippen LogP contribution in [0.3, 0.4) is 0 Å². The van der Waals surface area contributed by atoms with E-state index in [0.29, 0.717) is 37.7 Å². The van der Waals surface area contributed by atoms with E-state index in [1.807, 2.05) is 24.3 Å². The van der Waals surface area contributed by atoms with Crippen LogP contribution in [0.15, 0.2) is 48.6 Å². The quantitative estimate of drug-likeness (QED) is 0.449. The summed E-state index contributed by atoms with van der Waals surface area (Å²) in [5.41, 5.74) is 3.32. The maximum absolute atomic E-state index is 13.1. The molecule has 2 aliphatic heterocycles. The lowest BCUT2D eigenvalue weighted by molar-refractivity contribution is 0.0457. The Morgan fingerprint density at radius 1 is 1.15 bits per heavy atom. The minimum absolute atomic E-state index is 0.139. The van der Waals surface area contributed by atoms with E-state index in [1.54, 1.807) is 25.1 Å². The van der Waals surface area contributed by atoms with Crippen molar-refractivity contribution in [3.63, 3.8) is 0 Å². The van der Waals surface area contributed by atoms with Crippen molar-refractivity contribution in [1.29, 1.82) is 0 Å². The number of aryl methyl sites for hydroxylation is 1. The van der Waals surface area contributed by atoms with Gasteiger partial charge in [-0.3, -0.25) is 4.79 Å². The molecule has 7 nitrogen and oxygen atoms in total. The predicted octanol–water partition coefficient (Wildman–Crippen LogP) is 4.61. The molecule has 4 aliphatic rings. The molecule has 6 rings (SSSR count). The van der Waals surface area contributed by atoms with Crippen LogP contribution in [0.4, 0.5) is 5.69 Å². The zero-order chi connectivity index (χ0) is 27.4. The van der Waals surface area contributed by atoms with E-state index in [-0.39, 0.29) is 16.9 Å². The number of nitrogens with zero attached hydrogens (tertiary/aromatic N) is 1. The molecule has 2 aromatic rings. The number of hydrogen-bond donors (Lipinski definition) is 2. The van der Waals surface area contributed by atoms with Crippen molar-refractivity contribution >= 4 is 33.2 Å². The number of amides is 1. The van der Waals surface area contributed by atoms with E-state index in [4.69, 9.17) is 16.3 Å². The highest BCUT2D eigenvalue weighted by molar-refractivity contribution is 7.90. The Labute approximate surface area is 235 Å². The molecule has 1 saturated carbocycles. The number of benzene rings is 2. The number of hydrogen-bond acceptors (Lipinski definition) is 6. The van der Waals surface area contributed by atoms with Crippen LogP contribution < -0.4 is 14.4 Å². The summed E-state index contributed by atoms with van der Waals surface area (Å²) in [6, 6.07) is 11.3. The number of carbonyl (C=O) groups excluding carboxylic acids is 1. The number of aliphatic hydroxyl groups is 1. The van der Waals surface area contributed by atoms with E-state index in [9.17, 15) is 18.3 Å². The van der Waals surface area contributed by atoms with Crippen LogP contribution in [0.5, 0.6) is 5.75 Å². The Morgan fingerprint density at radius 2 is 2.00 bits per heavy atom. The Bertz CT molecular complexity index is 1430. The molecule has 0 aromatic heterocycles. The molecule has 2 bridgehead atoms. The van der Waals surface area contributed by atoms with Crippen LogP contribution in [0, 0.1) is 11.8 Å². The summed E-state index contributed by atoms with van der Waals surface area (Å²) < 4.78 is 34.5. The van der Waals surface area contributed by atoms with E-state index >= 15 is 0 Å². The fourth-order valence-corrected chi connectivity index (χ4v) is 7.94. The summed E-state index contributed by atoms with van der Waals surface area (Å²) in [5, 5.41) is 11.0. The van der Waals surface area contributed by atoms with Gasteiger partial charge in [-0.15, -0.1) is 0 Å². The second-order valence-corrected chi connectivity index (χ2v) is 14.3. The van der Waals surface area contributed by atoms with Crippen molar-refractivity contribution in [2.45, 2.75) is 62.2 Å². The van der Waals surface area contributed by atoms with Crippen molar-refractivity contribution in [2.75, 3.05) is 24.6 Å². The minimum Gasteiger partial charge on any atom is -0.490 e. The fourth-order valence-electron chi connectivity index (χ4n) is 6.72. The molecule has 2 aromatic carbocycles. The van der Waals surface area contributed by atoms with Gasteiger partial charge in [0.1, 0.15) is 5.75 Å². The van der Waals surface area contributed by atoms with Crippen LogP contribution in [-0.4, -0.2) is 50.5 Å². The van der Waals surface area contributed by atoms with Gasteiger partial charge in [0.05, 0.1) is 23.6 Å². The molecule has 1 amide bonds. The number of nitrogens with one attached hydrogen (secondary N) is 1. The number of carbonyl (C=O) groups is 1. The molecule has 2 N–H and O–H groups in total. The highest BCUT2D eigenvalue weighted by atomic mass is 35.5. The van der Waals surface area contributed by atoms with Crippen LogP contribution in [0.1, 0.15) is 60.5 Å². The van der Waals surface area contributed by atoms with Gasteiger partial charge in [0.2, 0.25) is 10.0 Å². The van der Waals surface area contributed by atoms with E-state index < -0.39 is 27.3 Å². The van der Waals surface area contributed by atoms with Gasteiger partial charge >= 0.3 is 0 Å². The fraction of sp³-hybridized carbons (Fsp3) is 0.500. The monoisotopic (exact) mass is 570 g/mol. The Morgan fingerprint density at radius 3 is 2.79 bits per heavy atom. The third kappa shape index (κ3) is 4.96. The van der Waals surface area contributed by atoms with Crippen LogP contribution >= 0.6 is 11.6 Å². The van der Waals surface area contributed by atoms with Gasteiger partial charge in [-0.2, -0.15) is 0 Å². The summed E-state index contributed by atoms with van der Waals surface area (Å²) in [6.45, 7) is 3.52. The molecule has 2 heterocycles. The Hall–Kier alpha value is -2.55. The molecule has 0 radical (unpaired) electrons. The van der Waals surface area contributed by atoms with Crippen molar-refractivity contribution in [3.05, 3.63) is 70.3 Å². The SMILES string of the molecule is C[C@@H]1CC/C=C\[C@H](O)[C@@H]2CC[C@H]2CN2C[C@@]3(CCc4cc(Cl)ccc43)COc3ccc(cc32)C(=O)NS1(=O)=O. The molecule has 2 aliphatic carbocycles. The lowest BCUT2D eigenvalue weighted by Crippen LogP contribution is -2.47. The zero-order valence-corrected chi connectivity index (χ0v) is 23.7.